The third-order valence-corrected chi connectivity index (χ3v) is 2.00. The predicted molar refractivity (Wildman–Crippen MR) is 54.8 cm³/mol. The van der Waals surface area contributed by atoms with E-state index in [1.807, 2.05) is 26.0 Å². The Morgan fingerprint density at radius 3 is 2.36 bits per heavy atom. The Labute approximate surface area is 85.1 Å². The summed E-state index contributed by atoms with van der Waals surface area (Å²) in [6, 6.07) is 0. The number of methoxy groups -OCH3 is 1. The first-order valence-electron chi connectivity index (χ1n) is 4.80. The van der Waals surface area contributed by atoms with Crippen molar-refractivity contribution in [2.45, 2.75) is 26.7 Å². The van der Waals surface area contributed by atoms with E-state index in [2.05, 4.69) is 4.74 Å². The maximum Gasteiger partial charge on any atom is 0.308 e. The Bertz CT molecular complexity index is 209. The van der Waals surface area contributed by atoms with E-state index in [0.29, 0.717) is 6.42 Å². The molecule has 0 saturated heterocycles. The average molecular weight is 198 g/mol. The van der Waals surface area contributed by atoms with Gasteiger partial charge < -0.3 is 9.53 Å². The SMILES string of the molecule is COC(=O)C(C)CC=CCC(C)C=O. The molecule has 0 amide bonds. The molecule has 0 aliphatic heterocycles. The first kappa shape index (κ1) is 12.9. The number of hydrogen-bond acceptors (Lipinski definition) is 3. The summed E-state index contributed by atoms with van der Waals surface area (Å²) in [5.41, 5.74) is 0. The van der Waals surface area contributed by atoms with E-state index in [4.69, 9.17) is 0 Å². The molecule has 0 aliphatic carbocycles. The van der Waals surface area contributed by atoms with Gasteiger partial charge in [0.05, 0.1) is 13.0 Å². The van der Waals surface area contributed by atoms with Gasteiger partial charge >= 0.3 is 5.97 Å². The molecule has 0 N–H and O–H groups in total. The minimum Gasteiger partial charge on any atom is -0.469 e. The molecule has 0 bridgehead atoms. The summed E-state index contributed by atoms with van der Waals surface area (Å²) in [6.07, 6.45) is 6.17. The highest BCUT2D eigenvalue weighted by molar-refractivity contribution is 5.71. The first-order valence-corrected chi connectivity index (χ1v) is 4.80. The lowest BCUT2D eigenvalue weighted by Crippen LogP contribution is -2.11. The summed E-state index contributed by atoms with van der Waals surface area (Å²) in [5.74, 6) is -0.249. The molecule has 0 heterocycles. The van der Waals surface area contributed by atoms with Crippen LogP contribution in [0.5, 0.6) is 0 Å². The largest absolute Gasteiger partial charge is 0.469 e. The molecule has 14 heavy (non-hydrogen) atoms. The van der Waals surface area contributed by atoms with Crippen LogP contribution in [0.25, 0.3) is 0 Å². The Kier molecular flexibility index (Phi) is 6.72. The maximum atomic E-state index is 11.0. The monoisotopic (exact) mass is 198 g/mol. The zero-order valence-corrected chi connectivity index (χ0v) is 9.03. The lowest BCUT2D eigenvalue weighted by atomic mass is 10.1. The number of rotatable bonds is 6. The van der Waals surface area contributed by atoms with Crippen molar-refractivity contribution in [1.82, 2.24) is 0 Å². The van der Waals surface area contributed by atoms with E-state index in [9.17, 15) is 9.59 Å². The van der Waals surface area contributed by atoms with Crippen molar-refractivity contribution in [2.75, 3.05) is 7.11 Å². The molecule has 2 atom stereocenters. The number of allylic oxidation sites excluding steroid dienone is 2. The van der Waals surface area contributed by atoms with Gasteiger partial charge in [-0.15, -0.1) is 0 Å². The van der Waals surface area contributed by atoms with Crippen LogP contribution in [0.3, 0.4) is 0 Å². The molecule has 3 heteroatoms. The molecule has 0 rings (SSSR count). The van der Waals surface area contributed by atoms with E-state index in [0.717, 1.165) is 12.7 Å². The highest BCUT2D eigenvalue weighted by Gasteiger charge is 2.10. The summed E-state index contributed by atoms with van der Waals surface area (Å²) in [4.78, 5) is 21.3. The van der Waals surface area contributed by atoms with Gasteiger partial charge in [-0.25, -0.2) is 0 Å². The molecule has 0 aromatic rings. The molecule has 0 aromatic carbocycles. The highest BCUT2D eigenvalue weighted by Crippen LogP contribution is 2.06. The molecule has 0 saturated carbocycles. The van der Waals surface area contributed by atoms with Crippen molar-refractivity contribution >= 4 is 12.3 Å². The van der Waals surface area contributed by atoms with Crippen LogP contribution < -0.4 is 0 Å². The second kappa shape index (κ2) is 7.30. The van der Waals surface area contributed by atoms with E-state index in [-0.39, 0.29) is 17.8 Å². The smallest absolute Gasteiger partial charge is 0.308 e. The molecule has 3 nitrogen and oxygen atoms in total. The van der Waals surface area contributed by atoms with Gasteiger partial charge in [0.2, 0.25) is 0 Å². The van der Waals surface area contributed by atoms with Crippen LogP contribution in [0.1, 0.15) is 26.7 Å². The Hall–Kier alpha value is -1.12. The molecule has 0 radical (unpaired) electrons. The number of aldehydes is 1. The van der Waals surface area contributed by atoms with Crippen LogP contribution in [-0.2, 0) is 14.3 Å². The third kappa shape index (κ3) is 5.51. The number of ether oxygens (including phenoxy) is 1. The van der Waals surface area contributed by atoms with E-state index < -0.39 is 0 Å². The van der Waals surface area contributed by atoms with E-state index >= 15 is 0 Å². The van der Waals surface area contributed by atoms with Crippen LogP contribution >= 0.6 is 0 Å². The summed E-state index contributed by atoms with van der Waals surface area (Å²) in [7, 11) is 1.39. The van der Waals surface area contributed by atoms with Gasteiger partial charge in [0, 0.05) is 5.92 Å². The van der Waals surface area contributed by atoms with Gasteiger partial charge in [-0.2, -0.15) is 0 Å². The lowest BCUT2D eigenvalue weighted by molar-refractivity contribution is -0.144. The van der Waals surface area contributed by atoms with Crippen LogP contribution in [0, 0.1) is 11.8 Å². The summed E-state index contributed by atoms with van der Waals surface area (Å²) in [5, 5.41) is 0. The van der Waals surface area contributed by atoms with Crippen LogP contribution in [0.4, 0.5) is 0 Å². The van der Waals surface area contributed by atoms with Crippen LogP contribution in [0.2, 0.25) is 0 Å². The van der Waals surface area contributed by atoms with Crippen molar-refractivity contribution in [1.29, 1.82) is 0 Å². The Balaban J connectivity index is 3.71. The Morgan fingerprint density at radius 1 is 1.29 bits per heavy atom. The molecule has 0 aromatic heterocycles. The van der Waals surface area contributed by atoms with E-state index in [1.54, 1.807) is 0 Å². The molecule has 0 aliphatic rings. The van der Waals surface area contributed by atoms with Gasteiger partial charge in [-0.3, -0.25) is 4.79 Å². The zero-order valence-electron chi connectivity index (χ0n) is 9.03. The quantitative estimate of drug-likeness (QED) is 0.372. The van der Waals surface area contributed by atoms with Crippen molar-refractivity contribution in [3.63, 3.8) is 0 Å². The second-order valence-electron chi connectivity index (χ2n) is 3.48. The molecule has 80 valence electrons. The molecular formula is C11H18O3. The van der Waals surface area contributed by atoms with Gasteiger partial charge in [0.1, 0.15) is 6.29 Å². The summed E-state index contributed by atoms with van der Waals surface area (Å²) >= 11 is 0. The number of esters is 1. The van der Waals surface area contributed by atoms with Crippen molar-refractivity contribution in [3.8, 4) is 0 Å². The predicted octanol–water partition coefficient (Wildman–Crippen LogP) is 1.97. The maximum absolute atomic E-state index is 11.0. The highest BCUT2D eigenvalue weighted by atomic mass is 16.5. The van der Waals surface area contributed by atoms with Crippen molar-refractivity contribution < 1.29 is 14.3 Å². The summed E-state index contributed by atoms with van der Waals surface area (Å²) in [6.45, 7) is 3.68. The standard InChI is InChI=1S/C11H18O3/c1-9(8-12)6-4-5-7-10(2)11(13)14-3/h4-5,8-10H,6-7H2,1-3H3. The van der Waals surface area contributed by atoms with Crippen LogP contribution in [0.15, 0.2) is 12.2 Å². The molecule has 0 spiro atoms. The Morgan fingerprint density at radius 2 is 1.86 bits per heavy atom. The topological polar surface area (TPSA) is 43.4 Å². The van der Waals surface area contributed by atoms with Crippen molar-refractivity contribution in [3.05, 3.63) is 12.2 Å². The average Bonchev–Trinajstić information content (AvgIpc) is 2.22. The minimum atomic E-state index is -0.196. The number of carbonyl (C=O) groups excluding carboxylic acids is 2. The zero-order chi connectivity index (χ0) is 11.0. The van der Waals surface area contributed by atoms with E-state index in [1.165, 1.54) is 7.11 Å². The number of hydrogen-bond donors (Lipinski definition) is 0. The fourth-order valence-corrected chi connectivity index (χ4v) is 0.964. The summed E-state index contributed by atoms with van der Waals surface area (Å²) < 4.78 is 4.58. The normalized spacial score (nSPS) is 15.1. The fourth-order valence-electron chi connectivity index (χ4n) is 0.964. The third-order valence-electron chi connectivity index (χ3n) is 2.00. The van der Waals surface area contributed by atoms with Gasteiger partial charge in [0.15, 0.2) is 0 Å². The lowest BCUT2D eigenvalue weighted by Gasteiger charge is -2.04. The molecular weight excluding hydrogens is 180 g/mol. The van der Waals surface area contributed by atoms with Gasteiger partial charge in [-0.1, -0.05) is 26.0 Å². The second-order valence-corrected chi connectivity index (χ2v) is 3.48. The molecule has 0 fully saturated rings. The minimum absolute atomic E-state index is 0.0553. The number of carbonyl (C=O) groups is 2. The van der Waals surface area contributed by atoms with Gasteiger partial charge in [-0.05, 0) is 12.8 Å². The van der Waals surface area contributed by atoms with Crippen molar-refractivity contribution in [2.24, 2.45) is 11.8 Å². The van der Waals surface area contributed by atoms with Crippen LogP contribution in [-0.4, -0.2) is 19.4 Å². The van der Waals surface area contributed by atoms with Gasteiger partial charge in [0.25, 0.3) is 0 Å². The fraction of sp³-hybridized carbons (Fsp3) is 0.636. The molecule has 2 unspecified atom stereocenters. The first-order chi connectivity index (χ1) is 6.61.